The highest BCUT2D eigenvalue weighted by Crippen LogP contribution is 2.44. The zero-order valence-corrected chi connectivity index (χ0v) is 21.0. The van der Waals surface area contributed by atoms with Crippen LogP contribution in [0.3, 0.4) is 0 Å². The molecule has 0 saturated heterocycles. The Labute approximate surface area is 207 Å². The van der Waals surface area contributed by atoms with Crippen LogP contribution < -0.4 is 5.32 Å². The van der Waals surface area contributed by atoms with Crippen LogP contribution in [-0.2, 0) is 14.3 Å². The molecule has 0 saturated carbocycles. The molecule has 2 N–H and O–H groups in total. The molecule has 0 heterocycles. The molecule has 0 bridgehead atoms. The van der Waals surface area contributed by atoms with Crippen molar-refractivity contribution in [2.75, 3.05) is 20.2 Å². The number of unbranched alkanes of at least 4 members (excludes halogenated alkanes) is 1. The summed E-state index contributed by atoms with van der Waals surface area (Å²) in [5.41, 5.74) is 4.38. The van der Waals surface area contributed by atoms with E-state index < -0.39 is 18.1 Å². The summed E-state index contributed by atoms with van der Waals surface area (Å²) in [4.78, 5) is 38.2. The maximum absolute atomic E-state index is 13.1. The van der Waals surface area contributed by atoms with Crippen LogP contribution in [0.4, 0.5) is 4.79 Å². The third-order valence-corrected chi connectivity index (χ3v) is 6.26. The average Bonchev–Trinajstić information content (AvgIpc) is 3.12. The van der Waals surface area contributed by atoms with Crippen molar-refractivity contribution >= 4 is 18.0 Å². The number of nitrogens with one attached hydrogen (secondary N) is 1. The Morgan fingerprint density at radius 1 is 1.00 bits per heavy atom. The van der Waals surface area contributed by atoms with E-state index in [0.29, 0.717) is 25.8 Å². The summed E-state index contributed by atoms with van der Waals surface area (Å²) in [5.74, 6) is -1.10. The van der Waals surface area contributed by atoms with Crippen molar-refractivity contribution in [1.82, 2.24) is 10.2 Å². The third-order valence-electron chi connectivity index (χ3n) is 6.26. The number of fused-ring (bicyclic) bond motifs is 3. The van der Waals surface area contributed by atoms with Crippen LogP contribution in [-0.4, -0.2) is 54.2 Å². The van der Waals surface area contributed by atoms with Gasteiger partial charge in [-0.05, 0) is 46.9 Å². The molecule has 7 heteroatoms. The fourth-order valence-electron chi connectivity index (χ4n) is 4.60. The highest BCUT2D eigenvalue weighted by molar-refractivity contribution is 5.85. The second kappa shape index (κ2) is 11.4. The molecular formula is C28H36N2O5. The first-order valence-electron chi connectivity index (χ1n) is 12.1. The van der Waals surface area contributed by atoms with Crippen molar-refractivity contribution < 1.29 is 24.2 Å². The van der Waals surface area contributed by atoms with Crippen molar-refractivity contribution in [3.05, 3.63) is 59.7 Å². The van der Waals surface area contributed by atoms with Crippen LogP contribution in [0.25, 0.3) is 11.1 Å². The van der Waals surface area contributed by atoms with Gasteiger partial charge in [0, 0.05) is 25.9 Å². The standard InChI is InChI=1S/C28H36N2O5/c1-28(2,3)17-24(26(33)30(4)16-10-9-15-25(31)32)29-27(34)35-18-23-21-13-7-5-11-19(21)20-12-6-8-14-22(20)23/h5-8,11-14,23-24H,9-10,15-18H2,1-4H3,(H,29,34)(H,31,32). The SMILES string of the molecule is CN(CCCCC(=O)O)C(=O)C(CC(C)(C)C)NC(=O)OCC1c2ccccc2-c2ccccc21. The van der Waals surface area contributed by atoms with Crippen molar-refractivity contribution in [2.24, 2.45) is 5.41 Å². The minimum Gasteiger partial charge on any atom is -0.481 e. The number of hydrogen-bond donors (Lipinski definition) is 2. The number of alkyl carbamates (subject to hydrolysis) is 1. The van der Waals surface area contributed by atoms with Gasteiger partial charge in [-0.2, -0.15) is 0 Å². The van der Waals surface area contributed by atoms with Crippen molar-refractivity contribution in [2.45, 2.75) is 58.4 Å². The predicted molar refractivity (Wildman–Crippen MR) is 135 cm³/mol. The van der Waals surface area contributed by atoms with Gasteiger partial charge in [0.1, 0.15) is 12.6 Å². The lowest BCUT2D eigenvalue weighted by Crippen LogP contribution is -2.49. The van der Waals surface area contributed by atoms with E-state index in [1.165, 1.54) is 0 Å². The number of ether oxygens (including phenoxy) is 1. The van der Waals surface area contributed by atoms with E-state index in [0.717, 1.165) is 22.3 Å². The lowest BCUT2D eigenvalue weighted by atomic mass is 9.87. The van der Waals surface area contributed by atoms with Crippen LogP contribution >= 0.6 is 0 Å². The van der Waals surface area contributed by atoms with E-state index in [4.69, 9.17) is 9.84 Å². The van der Waals surface area contributed by atoms with Gasteiger partial charge in [-0.1, -0.05) is 69.3 Å². The van der Waals surface area contributed by atoms with Crippen LogP contribution in [0.2, 0.25) is 0 Å². The first kappa shape index (κ1) is 26.3. The largest absolute Gasteiger partial charge is 0.481 e. The normalized spacial score (nSPS) is 13.5. The molecule has 7 nitrogen and oxygen atoms in total. The molecule has 0 aliphatic heterocycles. The number of carboxylic acids is 1. The Kier molecular flexibility index (Phi) is 8.54. The molecule has 1 unspecified atom stereocenters. The highest BCUT2D eigenvalue weighted by Gasteiger charge is 2.31. The summed E-state index contributed by atoms with van der Waals surface area (Å²) in [6, 6.07) is 15.6. The summed E-state index contributed by atoms with van der Waals surface area (Å²) in [5, 5.41) is 11.6. The minimum absolute atomic E-state index is 0.0539. The number of aliphatic carboxylic acids is 1. The van der Waals surface area contributed by atoms with Gasteiger partial charge in [0.15, 0.2) is 0 Å². The zero-order chi connectivity index (χ0) is 25.6. The van der Waals surface area contributed by atoms with Crippen LogP contribution in [0, 0.1) is 5.41 Å². The molecule has 2 aromatic carbocycles. The number of carboxylic acid groups (broad SMARTS) is 1. The van der Waals surface area contributed by atoms with E-state index in [9.17, 15) is 14.4 Å². The number of benzene rings is 2. The second-order valence-corrected chi connectivity index (χ2v) is 10.4. The van der Waals surface area contributed by atoms with E-state index in [-0.39, 0.29) is 30.3 Å². The van der Waals surface area contributed by atoms with Gasteiger partial charge >= 0.3 is 12.1 Å². The number of hydrogen-bond acceptors (Lipinski definition) is 4. The maximum Gasteiger partial charge on any atom is 0.407 e. The average molecular weight is 481 g/mol. The Balaban J connectivity index is 1.63. The van der Waals surface area contributed by atoms with Gasteiger partial charge in [0.25, 0.3) is 0 Å². The molecule has 0 radical (unpaired) electrons. The number of carbonyl (C=O) groups excluding carboxylic acids is 2. The minimum atomic E-state index is -0.846. The first-order chi connectivity index (χ1) is 16.6. The van der Waals surface area contributed by atoms with E-state index in [1.807, 2.05) is 45.0 Å². The molecule has 35 heavy (non-hydrogen) atoms. The molecular weight excluding hydrogens is 444 g/mol. The predicted octanol–water partition coefficient (Wildman–Crippen LogP) is 5.04. The second-order valence-electron chi connectivity index (χ2n) is 10.4. The lowest BCUT2D eigenvalue weighted by molar-refractivity contribution is -0.137. The van der Waals surface area contributed by atoms with Crippen LogP contribution in [0.15, 0.2) is 48.5 Å². The quantitative estimate of drug-likeness (QED) is 0.464. The molecule has 1 atom stereocenters. The summed E-state index contributed by atoms with van der Waals surface area (Å²) in [6.45, 7) is 6.65. The van der Waals surface area contributed by atoms with Crippen LogP contribution in [0.1, 0.15) is 63.5 Å². The fraction of sp³-hybridized carbons (Fsp3) is 0.464. The smallest absolute Gasteiger partial charge is 0.407 e. The van der Waals surface area contributed by atoms with Gasteiger partial charge in [0.2, 0.25) is 5.91 Å². The number of amides is 2. The van der Waals surface area contributed by atoms with E-state index in [1.54, 1.807) is 11.9 Å². The van der Waals surface area contributed by atoms with Crippen molar-refractivity contribution in [1.29, 1.82) is 0 Å². The third kappa shape index (κ3) is 7.07. The molecule has 3 rings (SSSR count). The zero-order valence-electron chi connectivity index (χ0n) is 21.0. The number of rotatable bonds is 10. The molecule has 2 aromatic rings. The lowest BCUT2D eigenvalue weighted by Gasteiger charge is -2.29. The van der Waals surface area contributed by atoms with Crippen molar-refractivity contribution in [3.8, 4) is 11.1 Å². The summed E-state index contributed by atoms with van der Waals surface area (Å²) < 4.78 is 5.65. The van der Waals surface area contributed by atoms with Gasteiger partial charge in [0.05, 0.1) is 0 Å². The number of nitrogens with zero attached hydrogens (tertiary/aromatic N) is 1. The van der Waals surface area contributed by atoms with Gasteiger partial charge in [-0.25, -0.2) is 4.79 Å². The van der Waals surface area contributed by atoms with Crippen LogP contribution in [0.5, 0.6) is 0 Å². The Morgan fingerprint density at radius 2 is 1.57 bits per heavy atom. The molecule has 0 aromatic heterocycles. The van der Waals surface area contributed by atoms with Gasteiger partial charge < -0.3 is 20.1 Å². The molecule has 1 aliphatic carbocycles. The highest BCUT2D eigenvalue weighted by atomic mass is 16.5. The Hall–Kier alpha value is -3.35. The first-order valence-corrected chi connectivity index (χ1v) is 12.1. The maximum atomic E-state index is 13.1. The Bertz CT molecular complexity index is 1010. The van der Waals surface area contributed by atoms with Gasteiger partial charge in [-0.3, -0.25) is 9.59 Å². The van der Waals surface area contributed by atoms with E-state index >= 15 is 0 Å². The fourth-order valence-corrected chi connectivity index (χ4v) is 4.60. The van der Waals surface area contributed by atoms with Crippen molar-refractivity contribution in [3.63, 3.8) is 0 Å². The summed E-state index contributed by atoms with van der Waals surface area (Å²) >= 11 is 0. The molecule has 0 spiro atoms. The number of carbonyl (C=O) groups is 3. The monoisotopic (exact) mass is 480 g/mol. The Morgan fingerprint density at radius 3 is 2.11 bits per heavy atom. The molecule has 2 amide bonds. The topological polar surface area (TPSA) is 95.9 Å². The van der Waals surface area contributed by atoms with E-state index in [2.05, 4.69) is 29.6 Å². The number of likely N-dealkylation sites (N-methyl/N-ethyl adjacent to an activating group) is 1. The molecule has 1 aliphatic rings. The molecule has 188 valence electrons. The summed E-state index contributed by atoms with van der Waals surface area (Å²) in [6.07, 6.45) is 0.994. The molecule has 0 fully saturated rings. The summed E-state index contributed by atoms with van der Waals surface area (Å²) in [7, 11) is 1.68. The van der Waals surface area contributed by atoms with Gasteiger partial charge in [-0.15, -0.1) is 0 Å².